The van der Waals surface area contributed by atoms with E-state index in [9.17, 15) is 5.11 Å². The van der Waals surface area contributed by atoms with Crippen LogP contribution in [0.3, 0.4) is 0 Å². The zero-order valence-corrected chi connectivity index (χ0v) is 15.8. The van der Waals surface area contributed by atoms with E-state index in [1.807, 2.05) is 16.9 Å². The van der Waals surface area contributed by atoms with Crippen molar-refractivity contribution in [3.8, 4) is 5.75 Å². The number of aliphatic hydroxyl groups is 1. The maximum absolute atomic E-state index is 9.80. The number of hydrogen-bond donors (Lipinski definition) is 1. The van der Waals surface area contributed by atoms with E-state index in [0.717, 1.165) is 43.8 Å². The highest BCUT2D eigenvalue weighted by Crippen LogP contribution is 2.54. The van der Waals surface area contributed by atoms with Gasteiger partial charge in [-0.1, -0.05) is 6.07 Å². The highest BCUT2D eigenvalue weighted by molar-refractivity contribution is 5.37. The van der Waals surface area contributed by atoms with Gasteiger partial charge >= 0.3 is 0 Å². The molecule has 3 aliphatic rings. The van der Waals surface area contributed by atoms with Gasteiger partial charge in [-0.25, -0.2) is 0 Å². The number of rotatable bonds is 6. The molecule has 1 N–H and O–H groups in total. The van der Waals surface area contributed by atoms with Crippen LogP contribution in [0.4, 0.5) is 0 Å². The smallest absolute Gasteiger partial charge is 0.123 e. The molecule has 1 aromatic heterocycles. The lowest BCUT2D eigenvalue weighted by atomic mass is 9.74. The summed E-state index contributed by atoms with van der Waals surface area (Å²) in [6, 6.07) is 8.38. The van der Waals surface area contributed by atoms with Gasteiger partial charge in [0.15, 0.2) is 0 Å². The van der Waals surface area contributed by atoms with Crippen LogP contribution in [-0.2, 0) is 17.8 Å². The monoisotopic (exact) mass is 369 g/mol. The molecular weight excluding hydrogens is 342 g/mol. The molecule has 0 radical (unpaired) electrons. The third kappa shape index (κ3) is 2.87. The van der Waals surface area contributed by atoms with Crippen LogP contribution in [-0.4, -0.2) is 58.3 Å². The number of aromatic nitrogens is 2. The highest BCUT2D eigenvalue weighted by Gasteiger charge is 2.62. The van der Waals surface area contributed by atoms with Gasteiger partial charge in [0.25, 0.3) is 0 Å². The topological polar surface area (TPSA) is 59.8 Å². The molecule has 27 heavy (non-hydrogen) atoms. The zero-order chi connectivity index (χ0) is 18.4. The predicted octanol–water partition coefficient (Wildman–Crippen LogP) is 1.91. The molecule has 4 heterocycles. The first kappa shape index (κ1) is 17.2. The Kier molecular flexibility index (Phi) is 4.22. The first-order chi connectivity index (χ1) is 13.2. The van der Waals surface area contributed by atoms with Crippen molar-refractivity contribution in [1.29, 1.82) is 0 Å². The number of nitrogens with zero attached hydrogens (tertiary/aromatic N) is 3. The van der Waals surface area contributed by atoms with Gasteiger partial charge in [-0.15, -0.1) is 0 Å². The average molecular weight is 369 g/mol. The molecule has 0 amide bonds. The minimum atomic E-state index is -0.0115. The van der Waals surface area contributed by atoms with Gasteiger partial charge < -0.3 is 14.6 Å². The molecule has 3 saturated heterocycles. The maximum atomic E-state index is 9.80. The van der Waals surface area contributed by atoms with E-state index in [-0.39, 0.29) is 18.3 Å². The molecular formula is C21H27N3O3. The van der Waals surface area contributed by atoms with Crippen LogP contribution < -0.4 is 4.74 Å². The number of benzene rings is 1. The van der Waals surface area contributed by atoms with E-state index in [4.69, 9.17) is 9.47 Å². The normalized spacial score (nSPS) is 32.1. The molecule has 4 atom stereocenters. The summed E-state index contributed by atoms with van der Waals surface area (Å²) in [4.78, 5) is 2.49. The molecule has 144 valence electrons. The van der Waals surface area contributed by atoms with E-state index in [1.165, 1.54) is 5.56 Å². The van der Waals surface area contributed by atoms with Crippen molar-refractivity contribution < 1.29 is 14.6 Å². The molecule has 2 aromatic rings. The Bertz CT molecular complexity index is 809. The van der Waals surface area contributed by atoms with Crippen molar-refractivity contribution in [2.75, 3.05) is 26.8 Å². The lowest BCUT2D eigenvalue weighted by Gasteiger charge is -2.28. The van der Waals surface area contributed by atoms with Crippen molar-refractivity contribution in [2.24, 2.45) is 11.8 Å². The van der Waals surface area contributed by atoms with Gasteiger partial charge in [0, 0.05) is 56.0 Å². The second-order valence-electron chi connectivity index (χ2n) is 8.23. The fourth-order valence-corrected chi connectivity index (χ4v) is 5.53. The third-order valence-electron chi connectivity index (χ3n) is 6.71. The molecule has 3 aliphatic heterocycles. The van der Waals surface area contributed by atoms with Crippen molar-refractivity contribution in [2.45, 2.75) is 37.6 Å². The Morgan fingerprint density at radius 3 is 3.07 bits per heavy atom. The molecule has 5 rings (SSSR count). The number of likely N-dealkylation sites (tertiary alicyclic amines) is 1. The molecule has 0 unspecified atom stereocenters. The van der Waals surface area contributed by atoms with Gasteiger partial charge in [0.2, 0.25) is 0 Å². The lowest BCUT2D eigenvalue weighted by Crippen LogP contribution is -2.37. The van der Waals surface area contributed by atoms with E-state index >= 15 is 0 Å². The summed E-state index contributed by atoms with van der Waals surface area (Å²) in [6.07, 6.45) is 6.29. The predicted molar refractivity (Wildman–Crippen MR) is 101 cm³/mol. The number of ether oxygens (including phenoxy) is 2. The molecule has 3 fully saturated rings. The Hall–Kier alpha value is -1.89. The fourth-order valence-electron chi connectivity index (χ4n) is 5.53. The van der Waals surface area contributed by atoms with E-state index in [2.05, 4.69) is 28.2 Å². The standard InChI is InChI=1S/C21H27N3O3/c1-26-19-4-3-15(9-16(19)11-24-8-2-7-22-24)10-23-12-18-17(13-25)20-5-6-21(18,14-23)27-20/h2-4,7-9,17-18,20,25H,5-6,10-14H2,1H3/t17-,18+,20+,21+/m1/s1. The first-order valence-corrected chi connectivity index (χ1v) is 9.85. The van der Waals surface area contributed by atoms with E-state index in [1.54, 1.807) is 13.3 Å². The molecule has 1 spiro atoms. The molecule has 6 heteroatoms. The van der Waals surface area contributed by atoms with Gasteiger partial charge in [-0.2, -0.15) is 5.10 Å². The fraction of sp³-hybridized carbons (Fsp3) is 0.571. The zero-order valence-electron chi connectivity index (χ0n) is 15.8. The minimum Gasteiger partial charge on any atom is -0.496 e. The van der Waals surface area contributed by atoms with Crippen LogP contribution in [0.15, 0.2) is 36.7 Å². The van der Waals surface area contributed by atoms with Crippen LogP contribution in [0.1, 0.15) is 24.0 Å². The van der Waals surface area contributed by atoms with Crippen LogP contribution >= 0.6 is 0 Å². The van der Waals surface area contributed by atoms with E-state index < -0.39 is 0 Å². The summed E-state index contributed by atoms with van der Waals surface area (Å²) in [5.41, 5.74) is 2.41. The lowest BCUT2D eigenvalue weighted by molar-refractivity contribution is 0.000378. The summed E-state index contributed by atoms with van der Waals surface area (Å²) in [5, 5.41) is 14.1. The highest BCUT2D eigenvalue weighted by atomic mass is 16.5. The molecule has 0 aliphatic carbocycles. The quantitative estimate of drug-likeness (QED) is 0.843. The Balaban J connectivity index is 1.33. The van der Waals surface area contributed by atoms with Gasteiger partial charge in [0.05, 0.1) is 25.4 Å². The molecule has 0 saturated carbocycles. The average Bonchev–Trinajstić information content (AvgIpc) is 3.42. The number of aliphatic hydroxyl groups excluding tert-OH is 1. The van der Waals surface area contributed by atoms with Crippen molar-refractivity contribution in [1.82, 2.24) is 14.7 Å². The minimum absolute atomic E-state index is 0.0115. The number of hydrogen-bond acceptors (Lipinski definition) is 5. The van der Waals surface area contributed by atoms with Gasteiger partial charge in [0.1, 0.15) is 5.75 Å². The second kappa shape index (κ2) is 6.62. The van der Waals surface area contributed by atoms with Crippen LogP contribution in [0.25, 0.3) is 0 Å². The van der Waals surface area contributed by atoms with E-state index in [0.29, 0.717) is 18.4 Å². The van der Waals surface area contributed by atoms with Crippen molar-refractivity contribution in [3.05, 3.63) is 47.8 Å². The Morgan fingerprint density at radius 1 is 1.37 bits per heavy atom. The van der Waals surface area contributed by atoms with Crippen LogP contribution in [0.5, 0.6) is 5.75 Å². The van der Waals surface area contributed by atoms with Crippen molar-refractivity contribution in [3.63, 3.8) is 0 Å². The Labute approximate surface area is 159 Å². The first-order valence-electron chi connectivity index (χ1n) is 9.85. The molecule has 2 bridgehead atoms. The largest absolute Gasteiger partial charge is 0.496 e. The summed E-state index contributed by atoms with van der Waals surface area (Å²) in [7, 11) is 1.71. The summed E-state index contributed by atoms with van der Waals surface area (Å²) >= 11 is 0. The van der Waals surface area contributed by atoms with Crippen LogP contribution in [0.2, 0.25) is 0 Å². The molecule has 1 aromatic carbocycles. The second-order valence-corrected chi connectivity index (χ2v) is 8.23. The molecule has 6 nitrogen and oxygen atoms in total. The summed E-state index contributed by atoms with van der Waals surface area (Å²) in [5.74, 6) is 1.69. The van der Waals surface area contributed by atoms with Crippen molar-refractivity contribution >= 4 is 0 Å². The third-order valence-corrected chi connectivity index (χ3v) is 6.71. The Morgan fingerprint density at radius 2 is 2.30 bits per heavy atom. The SMILES string of the molecule is COc1ccc(CN2C[C@H]3[C@@H](CO)[C@@H]4CC[C@@]3(C2)O4)cc1Cn1cccn1. The van der Waals surface area contributed by atoms with Crippen LogP contribution in [0, 0.1) is 11.8 Å². The number of methoxy groups -OCH3 is 1. The number of fused-ring (bicyclic) bond motifs is 1. The maximum Gasteiger partial charge on any atom is 0.123 e. The summed E-state index contributed by atoms with van der Waals surface area (Å²) in [6.45, 7) is 3.85. The van der Waals surface area contributed by atoms with Gasteiger partial charge in [-0.05, 0) is 36.6 Å². The summed E-state index contributed by atoms with van der Waals surface area (Å²) < 4.78 is 13.8. The van der Waals surface area contributed by atoms with Gasteiger partial charge in [-0.3, -0.25) is 9.58 Å².